The van der Waals surface area contributed by atoms with E-state index in [9.17, 15) is 26.4 Å². The third-order valence-electron chi connectivity index (χ3n) is 5.30. The van der Waals surface area contributed by atoms with Crippen LogP contribution in [0.1, 0.15) is 38.5 Å². The lowest BCUT2D eigenvalue weighted by Crippen LogP contribution is -2.52. The van der Waals surface area contributed by atoms with E-state index in [-0.39, 0.29) is 0 Å². The molecule has 4 fully saturated rings. The van der Waals surface area contributed by atoms with E-state index in [4.69, 9.17) is 0 Å². The fourth-order valence-electron chi connectivity index (χ4n) is 4.86. The van der Waals surface area contributed by atoms with E-state index in [1.54, 1.807) is 0 Å². The van der Waals surface area contributed by atoms with Gasteiger partial charge in [-0.05, 0) is 56.3 Å². The van der Waals surface area contributed by atoms with Crippen molar-refractivity contribution in [1.29, 1.82) is 0 Å². The molecule has 0 atom stereocenters. The third kappa shape index (κ3) is 2.18. The van der Waals surface area contributed by atoms with Crippen LogP contribution in [0.25, 0.3) is 0 Å². The molecular formula is C13H17F3O3S. The van der Waals surface area contributed by atoms with Gasteiger partial charge in [-0.3, -0.25) is 4.79 Å². The summed E-state index contributed by atoms with van der Waals surface area (Å²) in [5.41, 5.74) is -6.11. The first kappa shape index (κ1) is 14.4. The first-order valence-electron chi connectivity index (χ1n) is 6.94. The molecule has 0 aromatic heterocycles. The summed E-state index contributed by atoms with van der Waals surface area (Å²) in [5, 5.41) is 0. The Morgan fingerprint density at radius 1 is 1.00 bits per heavy atom. The Bertz CT molecular complexity index is 500. The van der Waals surface area contributed by atoms with Crippen LogP contribution in [0.3, 0.4) is 0 Å². The quantitative estimate of drug-likeness (QED) is 0.805. The van der Waals surface area contributed by atoms with Crippen LogP contribution in [-0.2, 0) is 14.6 Å². The molecule has 4 bridgehead atoms. The van der Waals surface area contributed by atoms with Gasteiger partial charge in [0.2, 0.25) is 0 Å². The van der Waals surface area contributed by atoms with Gasteiger partial charge in [0.1, 0.15) is 5.75 Å². The number of carbonyl (C=O) groups excluding carboxylic acids is 1. The highest BCUT2D eigenvalue weighted by Gasteiger charge is 2.56. The summed E-state index contributed by atoms with van der Waals surface area (Å²) in [6.45, 7) is 0. The van der Waals surface area contributed by atoms with E-state index in [2.05, 4.69) is 0 Å². The topological polar surface area (TPSA) is 51.2 Å². The zero-order valence-corrected chi connectivity index (χ0v) is 11.8. The number of Topliss-reactive ketones (excluding diaryl/α,β-unsaturated/α-hetero) is 1. The number of ketones is 1. The van der Waals surface area contributed by atoms with Crippen molar-refractivity contribution in [3.05, 3.63) is 0 Å². The van der Waals surface area contributed by atoms with E-state index < -0.39 is 32.3 Å². The largest absolute Gasteiger partial charge is 0.497 e. The van der Waals surface area contributed by atoms with Crippen LogP contribution < -0.4 is 0 Å². The molecule has 0 unspecified atom stereocenters. The van der Waals surface area contributed by atoms with Crippen LogP contribution in [0.5, 0.6) is 0 Å². The van der Waals surface area contributed by atoms with Crippen LogP contribution >= 0.6 is 0 Å². The van der Waals surface area contributed by atoms with Gasteiger partial charge in [-0.1, -0.05) is 0 Å². The molecule has 4 aliphatic rings. The number of halogens is 3. The van der Waals surface area contributed by atoms with Gasteiger partial charge in [-0.15, -0.1) is 0 Å². The second-order valence-electron chi connectivity index (χ2n) is 6.83. The van der Waals surface area contributed by atoms with E-state index in [0.717, 1.165) is 19.3 Å². The first-order chi connectivity index (χ1) is 9.11. The minimum absolute atomic E-state index is 0.402. The number of alkyl halides is 3. The van der Waals surface area contributed by atoms with E-state index >= 15 is 0 Å². The maximum atomic E-state index is 12.4. The fourth-order valence-corrected chi connectivity index (χ4v) is 5.67. The van der Waals surface area contributed by atoms with Crippen molar-refractivity contribution in [3.63, 3.8) is 0 Å². The predicted molar refractivity (Wildman–Crippen MR) is 65.5 cm³/mol. The Balaban J connectivity index is 1.81. The highest BCUT2D eigenvalue weighted by Crippen LogP contribution is 2.60. The second kappa shape index (κ2) is 4.21. The Kier molecular flexibility index (Phi) is 3.02. The molecule has 0 aromatic carbocycles. The molecule has 3 nitrogen and oxygen atoms in total. The molecule has 4 aliphatic carbocycles. The SMILES string of the molecule is O=C(CS(=O)(=O)C(F)(F)F)C12CC3CC(CC(C3)C1)C2. The van der Waals surface area contributed by atoms with E-state index in [0.29, 0.717) is 37.0 Å². The minimum Gasteiger partial charge on any atom is -0.298 e. The van der Waals surface area contributed by atoms with Crippen molar-refractivity contribution in [1.82, 2.24) is 0 Å². The molecule has 0 N–H and O–H groups in total. The molecule has 114 valence electrons. The minimum atomic E-state index is -5.34. The molecule has 4 saturated carbocycles. The number of hydrogen-bond acceptors (Lipinski definition) is 3. The lowest BCUT2D eigenvalue weighted by atomic mass is 9.48. The molecule has 0 saturated heterocycles. The normalized spacial score (nSPS) is 40.0. The van der Waals surface area contributed by atoms with Crippen LogP contribution in [0, 0.1) is 23.2 Å². The van der Waals surface area contributed by atoms with Crippen molar-refractivity contribution in [3.8, 4) is 0 Å². The molecule has 4 rings (SSSR count). The van der Waals surface area contributed by atoms with Gasteiger partial charge in [0.25, 0.3) is 9.84 Å². The van der Waals surface area contributed by atoms with E-state index in [1.165, 1.54) is 0 Å². The van der Waals surface area contributed by atoms with Crippen LogP contribution in [0.2, 0.25) is 0 Å². The van der Waals surface area contributed by atoms with Gasteiger partial charge in [0.05, 0.1) is 0 Å². The highest BCUT2D eigenvalue weighted by molar-refractivity contribution is 7.92. The molecule has 20 heavy (non-hydrogen) atoms. The summed E-state index contributed by atoms with van der Waals surface area (Å²) in [5.74, 6) is -0.867. The second-order valence-corrected chi connectivity index (χ2v) is 8.81. The Hall–Kier alpha value is -0.590. The monoisotopic (exact) mass is 310 g/mol. The van der Waals surface area contributed by atoms with Crippen LogP contribution in [0.4, 0.5) is 13.2 Å². The maximum absolute atomic E-state index is 12.4. The molecule has 0 aliphatic heterocycles. The lowest BCUT2D eigenvalue weighted by Gasteiger charge is -2.55. The molecule has 7 heteroatoms. The van der Waals surface area contributed by atoms with Crippen LogP contribution in [-0.4, -0.2) is 25.5 Å². The molecular weight excluding hydrogens is 293 g/mol. The van der Waals surface area contributed by atoms with Gasteiger partial charge in [0.15, 0.2) is 5.78 Å². The number of hydrogen-bond donors (Lipinski definition) is 0. The summed E-state index contributed by atoms with van der Waals surface area (Å²) in [6.07, 6.45) is 4.93. The van der Waals surface area contributed by atoms with Gasteiger partial charge >= 0.3 is 5.51 Å². The predicted octanol–water partition coefficient (Wildman–Crippen LogP) is 2.71. The molecule has 0 aromatic rings. The van der Waals surface area contributed by atoms with Crippen molar-refractivity contribution in [2.75, 3.05) is 5.75 Å². The van der Waals surface area contributed by atoms with Gasteiger partial charge in [0, 0.05) is 5.41 Å². The molecule has 0 amide bonds. The fraction of sp³-hybridized carbons (Fsp3) is 0.923. The summed E-state index contributed by atoms with van der Waals surface area (Å²) < 4.78 is 59.7. The maximum Gasteiger partial charge on any atom is 0.497 e. The lowest BCUT2D eigenvalue weighted by molar-refractivity contribution is -0.141. The average Bonchev–Trinajstić information content (AvgIpc) is 2.24. The number of sulfone groups is 1. The third-order valence-corrected chi connectivity index (χ3v) is 6.65. The van der Waals surface area contributed by atoms with Crippen molar-refractivity contribution in [2.45, 2.75) is 44.0 Å². The zero-order valence-electron chi connectivity index (χ0n) is 10.9. The summed E-state index contributed by atoms with van der Waals surface area (Å²) >= 11 is 0. The van der Waals surface area contributed by atoms with Crippen molar-refractivity contribution < 1.29 is 26.4 Å². The number of carbonyl (C=O) groups is 1. The zero-order chi connectivity index (χ0) is 14.8. The Morgan fingerprint density at radius 3 is 1.75 bits per heavy atom. The average molecular weight is 310 g/mol. The van der Waals surface area contributed by atoms with Gasteiger partial charge in [-0.25, -0.2) is 8.42 Å². The summed E-state index contributed by atoms with van der Waals surface area (Å²) in [4.78, 5) is 12.3. The van der Waals surface area contributed by atoms with Gasteiger partial charge in [-0.2, -0.15) is 13.2 Å². The molecule has 0 spiro atoms. The van der Waals surface area contributed by atoms with E-state index in [1.807, 2.05) is 0 Å². The Labute approximate surface area is 115 Å². The molecule has 0 radical (unpaired) electrons. The first-order valence-corrected chi connectivity index (χ1v) is 8.59. The number of rotatable bonds is 3. The van der Waals surface area contributed by atoms with Crippen molar-refractivity contribution >= 4 is 15.6 Å². The van der Waals surface area contributed by atoms with Crippen LogP contribution in [0.15, 0.2) is 0 Å². The molecule has 0 heterocycles. The summed E-state index contributed by atoms with van der Waals surface area (Å²) in [7, 11) is -5.34. The highest BCUT2D eigenvalue weighted by atomic mass is 32.2. The Morgan fingerprint density at radius 2 is 1.40 bits per heavy atom. The van der Waals surface area contributed by atoms with Gasteiger partial charge < -0.3 is 0 Å². The van der Waals surface area contributed by atoms with Crippen molar-refractivity contribution in [2.24, 2.45) is 23.2 Å². The summed E-state index contributed by atoms with van der Waals surface area (Å²) in [6, 6.07) is 0. The smallest absolute Gasteiger partial charge is 0.298 e. The standard InChI is InChI=1S/C13H17F3O3S/c14-13(15,16)20(18,19)7-11(17)12-4-8-1-9(5-12)3-10(2-8)6-12/h8-10H,1-7H2.